The van der Waals surface area contributed by atoms with Crippen LogP contribution in [-0.2, 0) is 0 Å². The number of nitriles is 2. The molecule has 15 heavy (non-hydrogen) atoms. The lowest BCUT2D eigenvalue weighted by molar-refractivity contribution is 0.322. The first kappa shape index (κ1) is 11.9. The minimum Gasteiger partial charge on any atom is -0.493 e. The molecule has 0 aliphatic rings. The third-order valence-corrected chi connectivity index (χ3v) is 3.90. The van der Waals surface area contributed by atoms with Gasteiger partial charge in [0.1, 0.15) is 22.6 Å². The van der Waals surface area contributed by atoms with E-state index in [0.29, 0.717) is 21.9 Å². The molecule has 0 amide bonds. The van der Waals surface area contributed by atoms with Crippen LogP contribution in [0.3, 0.4) is 0 Å². The quantitative estimate of drug-likeness (QED) is 0.808. The zero-order chi connectivity index (χ0) is 11.3. The van der Waals surface area contributed by atoms with Crippen LogP contribution in [-0.4, -0.2) is 24.6 Å². The van der Waals surface area contributed by atoms with Crippen LogP contribution in [0.1, 0.15) is 10.4 Å². The minimum atomic E-state index is 0.0393. The van der Waals surface area contributed by atoms with Crippen molar-refractivity contribution in [3.63, 3.8) is 0 Å². The minimum absolute atomic E-state index is 0.0393. The van der Waals surface area contributed by atoms with Crippen molar-refractivity contribution in [3.8, 4) is 17.9 Å². The van der Waals surface area contributed by atoms with Gasteiger partial charge in [-0.1, -0.05) is 0 Å². The average Bonchev–Trinajstić information content (AvgIpc) is 2.62. The Morgan fingerprint density at radius 2 is 2.20 bits per heavy atom. The summed E-state index contributed by atoms with van der Waals surface area (Å²) in [6.07, 6.45) is 0. The zero-order valence-electron chi connectivity index (χ0n) is 7.98. The van der Waals surface area contributed by atoms with Gasteiger partial charge in [0.15, 0.2) is 5.75 Å². The second-order valence-corrected chi connectivity index (χ2v) is 4.81. The Kier molecular flexibility index (Phi) is 4.44. The van der Waals surface area contributed by atoms with E-state index in [1.165, 1.54) is 30.2 Å². The third kappa shape index (κ3) is 2.42. The number of nitrogens with zero attached hydrogens (tertiary/aromatic N) is 2. The molecule has 1 N–H and O–H groups in total. The van der Waals surface area contributed by atoms with Crippen LogP contribution in [0, 0.1) is 22.7 Å². The highest BCUT2D eigenvalue weighted by molar-refractivity contribution is 8.01. The molecule has 1 rings (SSSR count). The fraction of sp³-hybridized carbons (Fsp3) is 0.333. The van der Waals surface area contributed by atoms with Crippen LogP contribution in [0.5, 0.6) is 5.75 Å². The highest BCUT2D eigenvalue weighted by Crippen LogP contribution is 2.40. The van der Waals surface area contributed by atoms with Gasteiger partial charge in [0.25, 0.3) is 0 Å². The van der Waals surface area contributed by atoms with Gasteiger partial charge in [0.2, 0.25) is 0 Å². The van der Waals surface area contributed by atoms with Gasteiger partial charge in [-0.25, -0.2) is 0 Å². The molecule has 0 radical (unpaired) electrons. The molecule has 0 aliphatic heterocycles. The lowest BCUT2D eigenvalue weighted by atomic mass is 10.3. The van der Waals surface area contributed by atoms with Gasteiger partial charge in [0, 0.05) is 5.75 Å². The van der Waals surface area contributed by atoms with Crippen molar-refractivity contribution in [1.82, 2.24) is 0 Å². The van der Waals surface area contributed by atoms with Crippen LogP contribution in [0.15, 0.2) is 4.21 Å². The van der Waals surface area contributed by atoms with Crippen molar-refractivity contribution in [1.29, 1.82) is 10.5 Å². The number of hydrogen-bond acceptors (Lipinski definition) is 6. The van der Waals surface area contributed by atoms with Gasteiger partial charge in [-0.3, -0.25) is 0 Å². The number of aliphatic hydroxyl groups excluding tert-OH is 1. The summed E-state index contributed by atoms with van der Waals surface area (Å²) < 4.78 is 5.73. The van der Waals surface area contributed by atoms with Gasteiger partial charge in [0.05, 0.1) is 17.9 Å². The molecule has 0 saturated carbocycles. The van der Waals surface area contributed by atoms with Crippen molar-refractivity contribution < 1.29 is 9.84 Å². The number of thiophene rings is 1. The molecule has 1 aromatic rings. The predicted molar refractivity (Wildman–Crippen MR) is 58.1 cm³/mol. The molecule has 1 aromatic heterocycles. The summed E-state index contributed by atoms with van der Waals surface area (Å²) in [7, 11) is 1.43. The Morgan fingerprint density at radius 3 is 2.67 bits per heavy atom. The maximum absolute atomic E-state index is 8.93. The Bertz CT molecular complexity index is 429. The number of ether oxygens (including phenoxy) is 1. The van der Waals surface area contributed by atoms with Crippen molar-refractivity contribution in [3.05, 3.63) is 10.4 Å². The molecule has 0 bridgehead atoms. The molecule has 0 fully saturated rings. The van der Waals surface area contributed by atoms with E-state index in [4.69, 9.17) is 20.4 Å². The summed E-state index contributed by atoms with van der Waals surface area (Å²) in [4.78, 5) is 0.398. The normalized spacial score (nSPS) is 9.33. The Morgan fingerprint density at radius 1 is 1.47 bits per heavy atom. The molecular weight excluding hydrogens is 232 g/mol. The highest BCUT2D eigenvalue weighted by atomic mass is 32.2. The van der Waals surface area contributed by atoms with Crippen molar-refractivity contribution >= 4 is 23.1 Å². The first-order chi connectivity index (χ1) is 7.28. The van der Waals surface area contributed by atoms with E-state index in [9.17, 15) is 0 Å². The van der Waals surface area contributed by atoms with E-state index in [0.717, 1.165) is 4.21 Å². The van der Waals surface area contributed by atoms with E-state index in [2.05, 4.69) is 0 Å². The summed E-state index contributed by atoms with van der Waals surface area (Å²) in [6, 6.07) is 4.00. The molecule has 1 heterocycles. The molecule has 0 spiro atoms. The SMILES string of the molecule is COc1c(C#N)sc(SCCO)c1C#N. The van der Waals surface area contributed by atoms with E-state index < -0.39 is 0 Å². The van der Waals surface area contributed by atoms with E-state index in [1.54, 1.807) is 0 Å². The van der Waals surface area contributed by atoms with E-state index in [-0.39, 0.29) is 6.61 Å². The molecule has 0 aromatic carbocycles. The highest BCUT2D eigenvalue weighted by Gasteiger charge is 2.18. The van der Waals surface area contributed by atoms with Gasteiger partial charge in [-0.05, 0) is 0 Å². The number of hydrogen-bond donors (Lipinski definition) is 1. The smallest absolute Gasteiger partial charge is 0.166 e. The zero-order valence-corrected chi connectivity index (χ0v) is 9.61. The number of aliphatic hydroxyl groups is 1. The third-order valence-electron chi connectivity index (χ3n) is 1.57. The molecule has 0 aliphatic carbocycles. The lowest BCUT2D eigenvalue weighted by Gasteiger charge is -1.97. The van der Waals surface area contributed by atoms with Gasteiger partial charge < -0.3 is 9.84 Å². The summed E-state index contributed by atoms with van der Waals surface area (Å²) >= 11 is 2.57. The molecule has 6 heteroatoms. The standard InChI is InChI=1S/C9H8N2O2S2/c1-13-8-6(4-10)9(14-3-2-12)15-7(8)5-11/h12H,2-3H2,1H3. The number of thioether (sulfide) groups is 1. The summed E-state index contributed by atoms with van der Waals surface area (Å²) in [6.45, 7) is 0.0393. The molecule has 0 atom stereocenters. The van der Waals surface area contributed by atoms with E-state index >= 15 is 0 Å². The lowest BCUT2D eigenvalue weighted by Crippen LogP contribution is -1.87. The van der Waals surface area contributed by atoms with E-state index in [1.807, 2.05) is 12.1 Å². The van der Waals surface area contributed by atoms with Crippen LogP contribution in [0.4, 0.5) is 0 Å². The average molecular weight is 240 g/mol. The Labute approximate surface area is 95.7 Å². The summed E-state index contributed by atoms with van der Waals surface area (Å²) in [5.74, 6) is 0.842. The Hall–Kier alpha value is -1.21. The summed E-state index contributed by atoms with van der Waals surface area (Å²) in [5.41, 5.74) is 0.387. The van der Waals surface area contributed by atoms with Gasteiger partial charge in [-0.15, -0.1) is 23.1 Å². The topological polar surface area (TPSA) is 77.0 Å². The van der Waals surface area contributed by atoms with Crippen LogP contribution >= 0.6 is 23.1 Å². The maximum Gasteiger partial charge on any atom is 0.166 e. The predicted octanol–water partition coefficient (Wildman–Crippen LogP) is 1.58. The molecule has 0 unspecified atom stereocenters. The number of rotatable bonds is 4. The largest absolute Gasteiger partial charge is 0.493 e. The fourth-order valence-electron chi connectivity index (χ4n) is 1.00. The monoisotopic (exact) mass is 240 g/mol. The Balaban J connectivity index is 3.13. The van der Waals surface area contributed by atoms with Gasteiger partial charge >= 0.3 is 0 Å². The second-order valence-electron chi connectivity index (χ2n) is 2.42. The first-order valence-corrected chi connectivity index (χ1v) is 5.83. The summed E-state index contributed by atoms with van der Waals surface area (Å²) in [5, 5.41) is 26.4. The molecule has 0 saturated heterocycles. The first-order valence-electron chi connectivity index (χ1n) is 4.03. The van der Waals surface area contributed by atoms with Crippen LogP contribution in [0.25, 0.3) is 0 Å². The van der Waals surface area contributed by atoms with Crippen molar-refractivity contribution in [2.24, 2.45) is 0 Å². The van der Waals surface area contributed by atoms with Gasteiger partial charge in [-0.2, -0.15) is 10.5 Å². The molecular formula is C9H8N2O2S2. The number of methoxy groups -OCH3 is 1. The maximum atomic E-state index is 8.93. The van der Waals surface area contributed by atoms with Crippen LogP contribution < -0.4 is 4.74 Å². The molecule has 78 valence electrons. The second kappa shape index (κ2) is 5.62. The fourth-order valence-corrected chi connectivity index (χ4v) is 3.05. The van der Waals surface area contributed by atoms with Crippen LogP contribution in [0.2, 0.25) is 0 Å². The van der Waals surface area contributed by atoms with Crippen molar-refractivity contribution in [2.45, 2.75) is 4.21 Å². The molecule has 4 nitrogen and oxygen atoms in total. The van der Waals surface area contributed by atoms with Crippen molar-refractivity contribution in [2.75, 3.05) is 19.5 Å².